The number of hydrogen-bond donors (Lipinski definition) is 2. The van der Waals surface area contributed by atoms with Crippen LogP contribution in [0.15, 0.2) is 0 Å². The van der Waals surface area contributed by atoms with Crippen LogP contribution < -0.4 is 5.32 Å². The molecule has 20 heavy (non-hydrogen) atoms. The molecule has 0 saturated carbocycles. The summed E-state index contributed by atoms with van der Waals surface area (Å²) in [7, 11) is 1.32. The van der Waals surface area contributed by atoms with E-state index < -0.39 is 11.4 Å². The fraction of sp³-hybridized carbons (Fsp3) is 0.769. The summed E-state index contributed by atoms with van der Waals surface area (Å²) in [5.74, 6) is -1.54. The molecule has 0 aromatic rings. The predicted molar refractivity (Wildman–Crippen MR) is 71.1 cm³/mol. The number of carbonyl (C=O) groups is 3. The number of carbonyl (C=O) groups excluding carboxylic acids is 2. The summed E-state index contributed by atoms with van der Waals surface area (Å²) in [5.41, 5.74) is -0.975. The third-order valence-electron chi connectivity index (χ3n) is 3.94. The van der Waals surface area contributed by atoms with Crippen LogP contribution in [0.1, 0.15) is 26.7 Å². The van der Waals surface area contributed by atoms with Gasteiger partial charge in [-0.05, 0) is 19.8 Å². The van der Waals surface area contributed by atoms with Gasteiger partial charge in [-0.1, -0.05) is 6.92 Å². The van der Waals surface area contributed by atoms with Crippen molar-refractivity contribution >= 4 is 18.0 Å². The zero-order chi connectivity index (χ0) is 15.3. The fourth-order valence-corrected chi connectivity index (χ4v) is 2.04. The summed E-state index contributed by atoms with van der Waals surface area (Å²) < 4.78 is 4.65. The van der Waals surface area contributed by atoms with Gasteiger partial charge in [0.25, 0.3) is 0 Å². The normalized spacial score (nSPS) is 21.1. The van der Waals surface area contributed by atoms with Crippen molar-refractivity contribution in [3.05, 3.63) is 0 Å². The van der Waals surface area contributed by atoms with Gasteiger partial charge in [-0.25, -0.2) is 4.79 Å². The van der Waals surface area contributed by atoms with Gasteiger partial charge in [0, 0.05) is 19.6 Å². The smallest absolute Gasteiger partial charge is 0.317 e. The molecule has 7 heteroatoms. The Morgan fingerprint density at radius 1 is 1.45 bits per heavy atom. The molecule has 0 bridgehead atoms. The van der Waals surface area contributed by atoms with Gasteiger partial charge in [-0.15, -0.1) is 0 Å². The van der Waals surface area contributed by atoms with Gasteiger partial charge in [-0.3, -0.25) is 9.59 Å². The van der Waals surface area contributed by atoms with Gasteiger partial charge in [0.1, 0.15) is 0 Å². The lowest BCUT2D eigenvalue weighted by molar-refractivity contribution is -0.147. The van der Waals surface area contributed by atoms with Crippen molar-refractivity contribution in [2.75, 3.05) is 26.7 Å². The Hall–Kier alpha value is -1.79. The summed E-state index contributed by atoms with van der Waals surface area (Å²) >= 11 is 0. The Morgan fingerprint density at radius 2 is 2.10 bits per heavy atom. The van der Waals surface area contributed by atoms with E-state index in [1.165, 1.54) is 12.0 Å². The number of aliphatic carboxylic acids is 1. The van der Waals surface area contributed by atoms with Crippen molar-refractivity contribution < 1.29 is 24.2 Å². The Balaban J connectivity index is 2.49. The molecule has 0 aromatic heterocycles. The van der Waals surface area contributed by atoms with Crippen molar-refractivity contribution in [3.8, 4) is 0 Å². The number of amides is 2. The van der Waals surface area contributed by atoms with Gasteiger partial charge in [-0.2, -0.15) is 0 Å². The highest BCUT2D eigenvalue weighted by Gasteiger charge is 2.34. The van der Waals surface area contributed by atoms with Gasteiger partial charge >= 0.3 is 18.0 Å². The van der Waals surface area contributed by atoms with Gasteiger partial charge < -0.3 is 20.1 Å². The number of esters is 1. The van der Waals surface area contributed by atoms with E-state index in [1.807, 2.05) is 0 Å². The average molecular weight is 286 g/mol. The number of urea groups is 1. The number of nitrogens with one attached hydrogen (secondary N) is 1. The minimum Gasteiger partial charge on any atom is -0.481 e. The number of ether oxygens (including phenoxy) is 1. The lowest BCUT2D eigenvalue weighted by atomic mass is 9.88. The summed E-state index contributed by atoms with van der Waals surface area (Å²) in [5, 5.41) is 11.8. The first kappa shape index (κ1) is 16.3. The molecular weight excluding hydrogens is 264 g/mol. The lowest BCUT2D eigenvalue weighted by Gasteiger charge is -2.25. The van der Waals surface area contributed by atoms with Gasteiger partial charge in [0.2, 0.25) is 0 Å². The molecule has 0 radical (unpaired) electrons. The zero-order valence-electron chi connectivity index (χ0n) is 12.1. The predicted octanol–water partition coefficient (Wildman–Crippen LogP) is 0.692. The maximum Gasteiger partial charge on any atom is 0.317 e. The quantitative estimate of drug-likeness (QED) is 0.725. The molecule has 1 rings (SSSR count). The van der Waals surface area contributed by atoms with Gasteiger partial charge in [0.15, 0.2) is 0 Å². The SMILES string of the molecule is CCC(C)(CNC(=O)N1CCC(C(=O)OC)C1)C(=O)O. The van der Waals surface area contributed by atoms with E-state index in [0.29, 0.717) is 25.9 Å². The molecule has 0 aliphatic carbocycles. The fourth-order valence-electron chi connectivity index (χ4n) is 2.04. The van der Waals surface area contributed by atoms with Crippen LogP contribution in [0.3, 0.4) is 0 Å². The first-order chi connectivity index (χ1) is 9.34. The molecule has 1 aliphatic heterocycles. The summed E-state index contributed by atoms with van der Waals surface area (Å²) in [6.07, 6.45) is 0.997. The van der Waals surface area contributed by atoms with Crippen molar-refractivity contribution in [2.24, 2.45) is 11.3 Å². The van der Waals surface area contributed by atoms with E-state index in [2.05, 4.69) is 10.1 Å². The Labute approximate surface area is 118 Å². The minimum atomic E-state index is -0.975. The molecule has 2 unspecified atom stereocenters. The molecule has 114 valence electrons. The van der Waals surface area contributed by atoms with Gasteiger partial charge in [0.05, 0.1) is 18.4 Å². The van der Waals surface area contributed by atoms with Crippen molar-refractivity contribution in [1.82, 2.24) is 10.2 Å². The molecule has 7 nitrogen and oxygen atoms in total. The summed E-state index contributed by atoms with van der Waals surface area (Å²) in [6.45, 7) is 4.22. The molecule has 2 N–H and O–H groups in total. The lowest BCUT2D eigenvalue weighted by Crippen LogP contribution is -2.45. The standard InChI is InChI=1S/C13H22N2O5/c1-4-13(2,11(17)18)8-14-12(19)15-6-5-9(7-15)10(16)20-3/h9H,4-8H2,1-3H3,(H,14,19)(H,17,18). The van der Waals surface area contributed by atoms with Crippen LogP contribution in [0.5, 0.6) is 0 Å². The van der Waals surface area contributed by atoms with Crippen LogP contribution >= 0.6 is 0 Å². The highest BCUT2D eigenvalue weighted by atomic mass is 16.5. The van der Waals surface area contributed by atoms with E-state index >= 15 is 0 Å². The molecule has 2 atom stereocenters. The Morgan fingerprint density at radius 3 is 2.60 bits per heavy atom. The third kappa shape index (κ3) is 3.61. The number of hydrogen-bond acceptors (Lipinski definition) is 4. The zero-order valence-corrected chi connectivity index (χ0v) is 12.1. The molecule has 1 aliphatic rings. The molecule has 0 aromatic carbocycles. The third-order valence-corrected chi connectivity index (χ3v) is 3.94. The molecule has 1 heterocycles. The van der Waals surface area contributed by atoms with Crippen molar-refractivity contribution in [2.45, 2.75) is 26.7 Å². The second kappa shape index (κ2) is 6.58. The number of likely N-dealkylation sites (tertiary alicyclic amines) is 1. The molecular formula is C13H22N2O5. The van der Waals surface area contributed by atoms with E-state index in [0.717, 1.165) is 0 Å². The van der Waals surface area contributed by atoms with Crippen LogP contribution in [0.2, 0.25) is 0 Å². The first-order valence-electron chi connectivity index (χ1n) is 6.68. The second-order valence-electron chi connectivity index (χ2n) is 5.33. The second-order valence-corrected chi connectivity index (χ2v) is 5.33. The maximum absolute atomic E-state index is 12.0. The van der Waals surface area contributed by atoms with Crippen LogP contribution in [0.4, 0.5) is 4.79 Å². The number of rotatable bonds is 5. The molecule has 2 amide bonds. The van der Waals surface area contributed by atoms with E-state index in [9.17, 15) is 14.4 Å². The summed E-state index contributed by atoms with van der Waals surface area (Å²) in [4.78, 5) is 36.0. The van der Waals surface area contributed by atoms with Crippen LogP contribution in [-0.2, 0) is 14.3 Å². The highest BCUT2D eigenvalue weighted by molar-refractivity contribution is 5.79. The number of carboxylic acids is 1. The van der Waals surface area contributed by atoms with E-state index in [-0.39, 0.29) is 24.5 Å². The Bertz CT molecular complexity index is 398. The Kier molecular flexibility index (Phi) is 5.35. The monoisotopic (exact) mass is 286 g/mol. The number of carboxylic acid groups (broad SMARTS) is 1. The van der Waals surface area contributed by atoms with Crippen molar-refractivity contribution in [1.29, 1.82) is 0 Å². The van der Waals surface area contributed by atoms with Crippen LogP contribution in [0.25, 0.3) is 0 Å². The maximum atomic E-state index is 12.0. The molecule has 1 saturated heterocycles. The average Bonchev–Trinajstić information content (AvgIpc) is 2.93. The minimum absolute atomic E-state index is 0.0665. The largest absolute Gasteiger partial charge is 0.481 e. The topological polar surface area (TPSA) is 95.9 Å². The first-order valence-corrected chi connectivity index (χ1v) is 6.68. The van der Waals surface area contributed by atoms with E-state index in [1.54, 1.807) is 13.8 Å². The van der Waals surface area contributed by atoms with Crippen LogP contribution in [-0.4, -0.2) is 54.7 Å². The number of nitrogens with zero attached hydrogens (tertiary/aromatic N) is 1. The molecule has 1 fully saturated rings. The summed E-state index contributed by atoms with van der Waals surface area (Å²) in [6, 6.07) is -0.336. The number of methoxy groups -OCH3 is 1. The highest BCUT2D eigenvalue weighted by Crippen LogP contribution is 2.21. The van der Waals surface area contributed by atoms with E-state index in [4.69, 9.17) is 5.11 Å². The van der Waals surface area contributed by atoms with Crippen molar-refractivity contribution in [3.63, 3.8) is 0 Å². The van der Waals surface area contributed by atoms with Crippen LogP contribution in [0, 0.1) is 11.3 Å². The molecule has 0 spiro atoms.